The number of fused-ring (bicyclic) bond motifs is 1. The molecule has 30 heteroatoms. The predicted octanol–water partition coefficient (Wildman–Crippen LogP) is 1.73. The number of aromatic nitrogens is 3. The number of phosphoric acid groups is 3. The average molecular weight is 865 g/mol. The van der Waals surface area contributed by atoms with E-state index >= 15 is 0 Å². The Balaban J connectivity index is 1.64. The van der Waals surface area contributed by atoms with E-state index in [1.165, 1.54) is 10.8 Å². The maximum atomic E-state index is 12.9. The number of nitrogens with two attached hydrogens (primary N) is 2. The van der Waals surface area contributed by atoms with Crippen molar-refractivity contribution in [3.05, 3.63) is 32.6 Å². The van der Waals surface area contributed by atoms with Crippen LogP contribution in [0.5, 0.6) is 0 Å². The summed E-state index contributed by atoms with van der Waals surface area (Å²) in [5.74, 6) is 6.75. The summed E-state index contributed by atoms with van der Waals surface area (Å²) >= 11 is 0. The van der Waals surface area contributed by atoms with Crippen molar-refractivity contribution >= 4 is 68.1 Å². The first kappa shape index (κ1) is 45.7. The summed E-state index contributed by atoms with van der Waals surface area (Å²) in [5, 5.41) is 8.59. The number of unbranched alkanes of at least 4 members (excludes halogenated alkanes) is 2. The molecule has 3 rings (SSSR count). The highest BCUT2D eigenvalue weighted by atomic mass is 33.1. The first-order valence-electron chi connectivity index (χ1n) is 15.5. The molecule has 0 aromatic carbocycles. The first-order chi connectivity index (χ1) is 25.5. The van der Waals surface area contributed by atoms with Crippen molar-refractivity contribution in [1.82, 2.24) is 25.2 Å². The van der Waals surface area contributed by atoms with Crippen molar-refractivity contribution in [2.75, 3.05) is 57.0 Å². The Labute approximate surface area is 314 Å². The van der Waals surface area contributed by atoms with Crippen LogP contribution in [0.25, 0.3) is 21.5 Å². The van der Waals surface area contributed by atoms with Crippen LogP contribution in [-0.4, -0.2) is 104 Å². The summed E-state index contributed by atoms with van der Waals surface area (Å²) in [7, 11) is -13.7. The number of aromatic amines is 1. The van der Waals surface area contributed by atoms with Gasteiger partial charge in [0.15, 0.2) is 5.65 Å². The van der Waals surface area contributed by atoms with Crippen molar-refractivity contribution < 1.29 is 65.4 Å². The molecule has 0 saturated carbocycles. The fraction of sp³-hybridized carbons (Fsp3) is 0.625. The summed E-state index contributed by atoms with van der Waals surface area (Å²) in [5.41, 5.74) is 19.4. The van der Waals surface area contributed by atoms with Crippen LogP contribution in [0, 0.1) is 11.8 Å². The van der Waals surface area contributed by atoms with Crippen molar-refractivity contribution in [3.8, 4) is 11.8 Å². The third-order valence-electron chi connectivity index (χ3n) is 6.65. The molecule has 1 fully saturated rings. The van der Waals surface area contributed by atoms with Crippen molar-refractivity contribution in [2.24, 2.45) is 10.8 Å². The van der Waals surface area contributed by atoms with Gasteiger partial charge in [-0.3, -0.25) is 14.3 Å². The number of H-pyrrole nitrogens is 1. The van der Waals surface area contributed by atoms with Crippen LogP contribution in [-0.2, 0) is 41.1 Å². The largest absolute Gasteiger partial charge is 0.490 e. The highest BCUT2D eigenvalue weighted by Crippen LogP contribution is 2.66. The van der Waals surface area contributed by atoms with E-state index in [1.54, 1.807) is 21.6 Å². The van der Waals surface area contributed by atoms with Crippen molar-refractivity contribution in [1.29, 1.82) is 0 Å². The van der Waals surface area contributed by atoms with Gasteiger partial charge in [-0.1, -0.05) is 38.5 Å². The number of nitrogen functional groups attached to an aromatic ring is 1. The van der Waals surface area contributed by atoms with E-state index in [9.17, 15) is 33.1 Å². The van der Waals surface area contributed by atoms with E-state index in [4.69, 9.17) is 45.5 Å². The van der Waals surface area contributed by atoms with E-state index in [-0.39, 0.29) is 35.5 Å². The normalized spacial score (nSPS) is 19.3. The van der Waals surface area contributed by atoms with Gasteiger partial charge in [-0.15, -0.1) is 0 Å². The lowest BCUT2D eigenvalue weighted by Crippen LogP contribution is -2.36. The molecule has 0 spiro atoms. The average Bonchev–Trinajstić information content (AvgIpc) is 3.64. The lowest BCUT2D eigenvalue weighted by Gasteiger charge is -2.21. The minimum Gasteiger partial charge on any atom is -0.370 e. The number of azide groups is 1. The molecule has 11 N–H and O–H groups in total. The fourth-order valence-corrected chi connectivity index (χ4v) is 9.13. The fourth-order valence-electron chi connectivity index (χ4n) is 4.58. The lowest BCUT2D eigenvalue weighted by atomic mass is 10.2. The van der Waals surface area contributed by atoms with Gasteiger partial charge in [-0.05, 0) is 24.8 Å². The number of urea groups is 1. The Morgan fingerprint density at radius 1 is 1.19 bits per heavy atom. The highest BCUT2D eigenvalue weighted by molar-refractivity contribution is 8.76. The second-order valence-electron chi connectivity index (χ2n) is 10.6. The molecule has 302 valence electrons. The van der Waals surface area contributed by atoms with Gasteiger partial charge in [0.25, 0.3) is 5.56 Å². The second kappa shape index (κ2) is 22.2. The van der Waals surface area contributed by atoms with Gasteiger partial charge in [0.1, 0.15) is 25.0 Å². The smallest absolute Gasteiger partial charge is 0.370 e. The van der Waals surface area contributed by atoms with Crippen molar-refractivity contribution in [2.45, 2.75) is 44.1 Å². The molecule has 0 radical (unpaired) electrons. The Hall–Kier alpha value is -2.69. The number of amides is 2. The topological polar surface area (TPSA) is 380 Å². The molecule has 3 heterocycles. The number of anilines is 1. The minimum atomic E-state index is -5.79. The Kier molecular flexibility index (Phi) is 18.7. The molecule has 0 aliphatic carbocycles. The highest BCUT2D eigenvalue weighted by Gasteiger charge is 2.43. The standard InChI is InChI=1S/C24H39N10O15P3S2/c25-6-10-53-54-15-44-9-3-1-2-7-28-24(36)29-8-4-5-16-12-34(21-20(16)22(35)32-23(26)31-21)19-11-17(45-14-30-33-27)18(47-19)13-46-51(40,41)49-52(42,43)48-50(37,38)39/h12,17-19H,1-3,6-11,13-15,25H2,(H,40,41)(H,42,43)(H2,28,29,36)(H2,37,38,39)(H3,26,31,32,35)/t17?,18-,19-/m1/s1. The molecule has 5 atom stereocenters. The van der Waals surface area contributed by atoms with E-state index in [2.05, 4.69) is 51.1 Å². The van der Waals surface area contributed by atoms with Crippen LogP contribution in [0.15, 0.2) is 16.1 Å². The number of hydrogen-bond acceptors (Lipinski definition) is 17. The number of phosphoric ester groups is 1. The van der Waals surface area contributed by atoms with Crippen LogP contribution in [0.4, 0.5) is 10.7 Å². The Morgan fingerprint density at radius 3 is 2.69 bits per heavy atom. The third kappa shape index (κ3) is 16.2. The molecule has 0 bridgehead atoms. The van der Waals surface area contributed by atoms with E-state index < -0.39 is 66.8 Å². The number of ether oxygens (including phenoxy) is 3. The Bertz CT molecular complexity index is 1880. The molecule has 2 aromatic heterocycles. The number of carbonyl (C=O) groups excluding carboxylic acids is 1. The second-order valence-corrected chi connectivity index (χ2v) is 17.6. The molecule has 1 aliphatic rings. The summed E-state index contributed by atoms with van der Waals surface area (Å²) in [4.78, 5) is 71.1. The van der Waals surface area contributed by atoms with Crippen LogP contribution in [0.2, 0.25) is 0 Å². The van der Waals surface area contributed by atoms with Gasteiger partial charge in [0.05, 0.1) is 30.2 Å². The number of nitrogens with one attached hydrogen (secondary N) is 3. The number of rotatable bonds is 23. The van der Waals surface area contributed by atoms with Crippen LogP contribution >= 0.6 is 45.1 Å². The van der Waals surface area contributed by atoms with E-state index in [1.807, 2.05) is 0 Å². The molecule has 3 unspecified atom stereocenters. The summed E-state index contributed by atoms with van der Waals surface area (Å²) in [6.07, 6.45) is 0.377. The van der Waals surface area contributed by atoms with Crippen LogP contribution in [0.3, 0.4) is 0 Å². The molecule has 2 aromatic rings. The van der Waals surface area contributed by atoms with E-state index in [0.717, 1.165) is 25.0 Å². The first-order valence-corrected chi connectivity index (χ1v) is 22.5. The van der Waals surface area contributed by atoms with Gasteiger partial charge in [-0.25, -0.2) is 18.5 Å². The summed E-state index contributed by atoms with van der Waals surface area (Å²) in [6.45, 7) is 0.171. The van der Waals surface area contributed by atoms with Gasteiger partial charge in [0.2, 0.25) is 5.95 Å². The Morgan fingerprint density at radius 2 is 1.96 bits per heavy atom. The minimum absolute atomic E-state index is 0.00454. The number of nitrogens with zero attached hydrogens (tertiary/aromatic N) is 5. The molecular formula is C24H39N10O15P3S2. The van der Waals surface area contributed by atoms with Gasteiger partial charge in [-0.2, -0.15) is 13.6 Å². The quantitative estimate of drug-likeness (QED) is 0.0112. The van der Waals surface area contributed by atoms with Crippen LogP contribution in [0.1, 0.15) is 37.5 Å². The molecular weight excluding hydrogens is 825 g/mol. The summed E-state index contributed by atoms with van der Waals surface area (Å²) in [6, 6.07) is -0.447. The number of carbonyl (C=O) groups is 1. The predicted molar refractivity (Wildman–Crippen MR) is 194 cm³/mol. The maximum Gasteiger partial charge on any atom is 0.490 e. The lowest BCUT2D eigenvalue weighted by molar-refractivity contribution is -0.0581. The monoisotopic (exact) mass is 864 g/mol. The molecule has 1 saturated heterocycles. The number of hydrogen-bond donors (Lipinski definition) is 9. The molecule has 2 amide bonds. The zero-order valence-corrected chi connectivity index (χ0v) is 32.4. The molecule has 25 nitrogen and oxygen atoms in total. The zero-order valence-electron chi connectivity index (χ0n) is 28.1. The van der Waals surface area contributed by atoms with Gasteiger partial charge in [0, 0.05) is 43.0 Å². The SMILES string of the molecule is [N-]=[N+]=NCOC1C[C@H](n2cc(C#CCNC(=O)NCCCCCOCSSCCN)c3c(=O)[nH]c(N)nc32)O[C@@H]1COP(=O)(O)OP(=O)(O)OP(=O)(O)O. The van der Waals surface area contributed by atoms with E-state index in [0.29, 0.717) is 25.6 Å². The zero-order chi connectivity index (χ0) is 39.8. The van der Waals surface area contributed by atoms with Gasteiger partial charge >= 0.3 is 29.5 Å². The van der Waals surface area contributed by atoms with Gasteiger partial charge < -0.3 is 60.5 Å². The third-order valence-corrected chi connectivity index (χ3v) is 12.6. The molecule has 54 heavy (non-hydrogen) atoms. The van der Waals surface area contributed by atoms with Crippen molar-refractivity contribution in [3.63, 3.8) is 0 Å². The maximum absolute atomic E-state index is 12.9. The molecule has 1 aliphatic heterocycles. The van der Waals surface area contributed by atoms with Crippen LogP contribution < -0.4 is 27.7 Å². The summed E-state index contributed by atoms with van der Waals surface area (Å²) < 4.78 is 65.4.